The van der Waals surface area contributed by atoms with Crippen molar-refractivity contribution in [3.8, 4) is 0 Å². The van der Waals surface area contributed by atoms with E-state index in [9.17, 15) is 37.3 Å². The number of carbonyl (C=O) groups excluding carboxylic acids is 2. The molecule has 2 amide bonds. The Morgan fingerprint density at radius 2 is 1.80 bits per heavy atom. The van der Waals surface area contributed by atoms with Crippen molar-refractivity contribution in [1.29, 1.82) is 0 Å². The van der Waals surface area contributed by atoms with Gasteiger partial charge in [-0.3, -0.25) is 25.0 Å². The van der Waals surface area contributed by atoms with E-state index in [-0.39, 0.29) is 27.8 Å². The molecule has 0 spiro atoms. The van der Waals surface area contributed by atoms with Crippen molar-refractivity contribution in [2.24, 2.45) is 4.99 Å². The number of amides is 2. The fourth-order valence-electron chi connectivity index (χ4n) is 3.71. The number of nitro groups is 1. The second-order valence-corrected chi connectivity index (χ2v) is 9.08. The monoisotopic (exact) mass is 580 g/mol. The van der Waals surface area contributed by atoms with Crippen LogP contribution in [0.15, 0.2) is 59.7 Å². The number of halogens is 5. The third kappa shape index (κ3) is 6.31. The highest BCUT2D eigenvalue weighted by molar-refractivity contribution is 6.30. The lowest BCUT2D eigenvalue weighted by Gasteiger charge is -2.36. The Hall–Kier alpha value is -4.66. The summed E-state index contributed by atoms with van der Waals surface area (Å²) in [5, 5.41) is 15.6. The van der Waals surface area contributed by atoms with Gasteiger partial charge in [0.25, 0.3) is 23.5 Å². The number of aromatic nitrogens is 2. The molecule has 0 aliphatic carbocycles. The molecular weight excluding hydrogens is 564 g/mol. The van der Waals surface area contributed by atoms with E-state index in [1.165, 1.54) is 18.3 Å². The van der Waals surface area contributed by atoms with Crippen molar-refractivity contribution >= 4 is 40.9 Å². The molecule has 0 saturated carbocycles. The number of amidine groups is 1. The van der Waals surface area contributed by atoms with Crippen LogP contribution in [-0.2, 0) is 10.3 Å². The summed E-state index contributed by atoms with van der Waals surface area (Å²) in [4.78, 5) is 47.1. The lowest BCUT2D eigenvalue weighted by molar-refractivity contribution is -0.384. The van der Waals surface area contributed by atoms with Gasteiger partial charge in [-0.15, -0.1) is 0 Å². The summed E-state index contributed by atoms with van der Waals surface area (Å²) in [6.45, 7) is 1.16. The van der Waals surface area contributed by atoms with Gasteiger partial charge in [0.05, 0.1) is 9.95 Å². The molecule has 1 aliphatic rings. The zero-order chi connectivity index (χ0) is 29.2. The van der Waals surface area contributed by atoms with Gasteiger partial charge in [-0.25, -0.2) is 19.4 Å². The zero-order valence-electron chi connectivity index (χ0n) is 20.2. The number of aliphatic imine (C=N–C) groups is 1. The Bertz CT molecular complexity index is 1500. The third-order valence-corrected chi connectivity index (χ3v) is 5.89. The molecule has 1 aliphatic heterocycles. The molecule has 11 nitrogen and oxygen atoms in total. The van der Waals surface area contributed by atoms with Gasteiger partial charge < -0.3 is 10.1 Å². The lowest BCUT2D eigenvalue weighted by atomic mass is 9.89. The van der Waals surface area contributed by atoms with Gasteiger partial charge in [0.15, 0.2) is 6.10 Å². The average Bonchev–Trinajstić information content (AvgIpc) is 2.89. The van der Waals surface area contributed by atoms with Crippen LogP contribution in [0.3, 0.4) is 0 Å². The van der Waals surface area contributed by atoms with Crippen LogP contribution in [0.25, 0.3) is 0 Å². The molecule has 16 heteroatoms. The van der Waals surface area contributed by atoms with Gasteiger partial charge in [-0.05, 0) is 43.3 Å². The van der Waals surface area contributed by atoms with E-state index in [1.54, 1.807) is 0 Å². The number of non-ortho nitro benzene ring substituents is 1. The summed E-state index contributed by atoms with van der Waals surface area (Å²) in [5.74, 6) is -2.96. The number of nitrogens with zero attached hydrogens (tertiary/aromatic N) is 4. The molecule has 4 rings (SSSR count). The SMILES string of the molecule is C[C@@]1(c2nc(NC(=O)c3ccc(Cl)cn3)ccc2F)C[C@@H](C(F)(F)F)OC(NC(=O)c2ccc([N+](=O)[O-])cc2)=N1. The number of nitro benzene ring substituents is 1. The van der Waals surface area contributed by atoms with Crippen LogP contribution in [0.2, 0.25) is 5.02 Å². The first-order chi connectivity index (χ1) is 18.7. The minimum Gasteiger partial charge on any atom is -0.452 e. The summed E-state index contributed by atoms with van der Waals surface area (Å²) in [6.07, 6.45) is -7.14. The van der Waals surface area contributed by atoms with Crippen molar-refractivity contribution in [2.45, 2.75) is 31.2 Å². The van der Waals surface area contributed by atoms with E-state index in [0.29, 0.717) is 0 Å². The molecule has 0 saturated heterocycles. The molecule has 3 heterocycles. The van der Waals surface area contributed by atoms with Crippen LogP contribution in [0.4, 0.5) is 29.1 Å². The Labute approximate surface area is 227 Å². The molecule has 208 valence electrons. The highest BCUT2D eigenvalue weighted by Crippen LogP contribution is 2.40. The normalized spacial score (nSPS) is 18.8. The lowest BCUT2D eigenvalue weighted by Crippen LogP contribution is -2.49. The number of carbonyl (C=O) groups is 2. The van der Waals surface area contributed by atoms with E-state index >= 15 is 0 Å². The Morgan fingerprint density at radius 1 is 1.10 bits per heavy atom. The summed E-state index contributed by atoms with van der Waals surface area (Å²) < 4.78 is 61.2. The molecule has 0 radical (unpaired) electrons. The van der Waals surface area contributed by atoms with E-state index in [2.05, 4.69) is 25.6 Å². The molecule has 0 unspecified atom stereocenters. The third-order valence-electron chi connectivity index (χ3n) is 5.67. The minimum absolute atomic E-state index is 0.0549. The van der Waals surface area contributed by atoms with Crippen LogP contribution in [-0.4, -0.2) is 45.0 Å². The number of benzene rings is 1. The van der Waals surface area contributed by atoms with Crippen molar-refractivity contribution in [1.82, 2.24) is 15.3 Å². The van der Waals surface area contributed by atoms with Crippen molar-refractivity contribution in [2.75, 3.05) is 5.32 Å². The maximum atomic E-state index is 14.9. The first kappa shape index (κ1) is 28.4. The molecule has 40 heavy (non-hydrogen) atoms. The summed E-state index contributed by atoms with van der Waals surface area (Å²) in [6, 6.07) is 8.06. The minimum atomic E-state index is -4.94. The number of pyridine rings is 2. The van der Waals surface area contributed by atoms with Crippen molar-refractivity contribution in [3.05, 3.63) is 92.6 Å². The Kier molecular flexibility index (Phi) is 7.68. The Morgan fingerprint density at radius 3 is 2.40 bits per heavy atom. The molecule has 1 aromatic carbocycles. The smallest absolute Gasteiger partial charge is 0.425 e. The van der Waals surface area contributed by atoms with E-state index < -0.39 is 58.5 Å². The maximum absolute atomic E-state index is 14.9. The predicted molar refractivity (Wildman–Crippen MR) is 132 cm³/mol. The van der Waals surface area contributed by atoms with Gasteiger partial charge in [-0.2, -0.15) is 13.2 Å². The topological polar surface area (TPSA) is 149 Å². The highest BCUT2D eigenvalue weighted by atomic mass is 35.5. The highest BCUT2D eigenvalue weighted by Gasteiger charge is 2.51. The average molecular weight is 581 g/mol. The maximum Gasteiger partial charge on any atom is 0.425 e. The summed E-state index contributed by atoms with van der Waals surface area (Å²) in [7, 11) is 0. The Balaban J connectivity index is 1.65. The molecule has 2 atom stereocenters. The van der Waals surface area contributed by atoms with Crippen LogP contribution in [0.1, 0.15) is 39.9 Å². The van der Waals surface area contributed by atoms with Crippen LogP contribution >= 0.6 is 11.6 Å². The first-order valence-corrected chi connectivity index (χ1v) is 11.6. The summed E-state index contributed by atoms with van der Waals surface area (Å²) >= 11 is 5.75. The van der Waals surface area contributed by atoms with Gasteiger partial charge >= 0.3 is 6.18 Å². The first-order valence-electron chi connectivity index (χ1n) is 11.2. The van der Waals surface area contributed by atoms with Crippen LogP contribution in [0, 0.1) is 15.9 Å². The predicted octanol–water partition coefficient (Wildman–Crippen LogP) is 4.78. The molecule has 0 fully saturated rings. The van der Waals surface area contributed by atoms with Crippen LogP contribution < -0.4 is 10.6 Å². The van der Waals surface area contributed by atoms with Crippen molar-refractivity contribution in [3.63, 3.8) is 0 Å². The number of anilines is 1. The molecule has 2 aromatic heterocycles. The number of hydrogen-bond donors (Lipinski definition) is 2. The largest absolute Gasteiger partial charge is 0.452 e. The zero-order valence-corrected chi connectivity index (χ0v) is 21.0. The molecule has 0 bridgehead atoms. The number of rotatable bonds is 5. The van der Waals surface area contributed by atoms with E-state index in [0.717, 1.165) is 43.3 Å². The molecule has 2 N–H and O–H groups in total. The van der Waals surface area contributed by atoms with Crippen molar-refractivity contribution < 1.29 is 36.8 Å². The number of nitrogens with one attached hydrogen (secondary N) is 2. The van der Waals surface area contributed by atoms with E-state index in [1.807, 2.05) is 0 Å². The molecular formula is C24H17ClF4N6O5. The second-order valence-electron chi connectivity index (χ2n) is 8.64. The second kappa shape index (κ2) is 10.8. The number of ether oxygens (including phenoxy) is 1. The standard InChI is InChI=1S/C24H17ClF4N6O5/c1-23(19-15(26)7-9-18(31-19)32-21(37)16-8-4-13(25)11-30-16)10-17(24(27,28)29)40-22(34-23)33-20(36)12-2-5-14(6-3-12)35(38)39/h2-9,11,17H,10H2,1H3,(H,31,32,37)(H,33,34,36)/t17-,23-/m0/s1. The fourth-order valence-corrected chi connectivity index (χ4v) is 3.82. The summed E-state index contributed by atoms with van der Waals surface area (Å²) in [5.41, 5.74) is -3.08. The van der Waals surface area contributed by atoms with Gasteiger partial charge in [0.1, 0.15) is 28.6 Å². The number of hydrogen-bond acceptors (Lipinski definition) is 8. The van der Waals surface area contributed by atoms with Gasteiger partial charge in [0, 0.05) is 30.3 Å². The molecule has 3 aromatic rings. The van der Waals surface area contributed by atoms with Gasteiger partial charge in [-0.1, -0.05) is 11.6 Å². The quantitative estimate of drug-likeness (QED) is 0.250. The number of alkyl halides is 3. The van der Waals surface area contributed by atoms with Gasteiger partial charge in [0.2, 0.25) is 0 Å². The fraction of sp³-hybridized carbons (Fsp3) is 0.208. The van der Waals surface area contributed by atoms with E-state index in [4.69, 9.17) is 16.3 Å². The van der Waals surface area contributed by atoms with Crippen LogP contribution in [0.5, 0.6) is 0 Å².